The smallest absolute Gasteiger partial charge is 0.0715 e. The molecule has 2 heteroatoms. The summed E-state index contributed by atoms with van der Waals surface area (Å²) >= 11 is 5.45. The molecule has 1 rings (SSSR count). The molecule has 0 aromatic heterocycles. The van der Waals surface area contributed by atoms with Crippen molar-refractivity contribution in [3.8, 4) is 0 Å². The molecular formula is C9H11ClO. The third kappa shape index (κ3) is 2.91. The van der Waals surface area contributed by atoms with Crippen LogP contribution in [0, 0.1) is 0 Å². The van der Waals surface area contributed by atoms with Crippen LogP contribution in [0.25, 0.3) is 0 Å². The summed E-state index contributed by atoms with van der Waals surface area (Å²) in [6.45, 7) is 0. The van der Waals surface area contributed by atoms with Gasteiger partial charge in [0.2, 0.25) is 0 Å². The molecule has 0 bridgehead atoms. The van der Waals surface area contributed by atoms with Crippen molar-refractivity contribution in [3.63, 3.8) is 0 Å². The lowest BCUT2D eigenvalue weighted by Crippen LogP contribution is -2.11. The first-order valence-corrected chi connectivity index (χ1v) is 4.14. The normalized spacial score (nSPS) is 12.9. The van der Waals surface area contributed by atoms with Crippen molar-refractivity contribution in [1.29, 1.82) is 0 Å². The van der Waals surface area contributed by atoms with Gasteiger partial charge in [-0.25, -0.2) is 0 Å². The lowest BCUT2D eigenvalue weighted by molar-refractivity contribution is 0.199. The number of aliphatic hydroxyl groups excluding tert-OH is 1. The Hall–Kier alpha value is -0.530. The third-order valence-corrected chi connectivity index (χ3v) is 1.85. The van der Waals surface area contributed by atoms with Crippen molar-refractivity contribution >= 4 is 11.6 Å². The van der Waals surface area contributed by atoms with E-state index in [1.165, 1.54) is 0 Å². The molecule has 0 saturated carbocycles. The summed E-state index contributed by atoms with van der Waals surface area (Å²) in [6.07, 6.45) is 0.226. The molecule has 0 radical (unpaired) electrons. The molecule has 0 aliphatic heterocycles. The maximum absolute atomic E-state index is 9.18. The van der Waals surface area contributed by atoms with E-state index in [4.69, 9.17) is 11.6 Å². The zero-order valence-electron chi connectivity index (χ0n) is 6.20. The molecule has 11 heavy (non-hydrogen) atoms. The van der Waals surface area contributed by atoms with Gasteiger partial charge in [0.15, 0.2) is 0 Å². The van der Waals surface area contributed by atoms with Gasteiger partial charge in [-0.3, -0.25) is 0 Å². The molecule has 0 saturated heterocycles. The highest BCUT2D eigenvalue weighted by atomic mass is 35.5. The van der Waals surface area contributed by atoms with E-state index in [0.29, 0.717) is 12.3 Å². The van der Waals surface area contributed by atoms with Gasteiger partial charge in [-0.05, 0) is 12.0 Å². The molecule has 0 heterocycles. The average molecular weight is 171 g/mol. The highest BCUT2D eigenvalue weighted by molar-refractivity contribution is 6.18. The molecule has 1 aromatic rings. The largest absolute Gasteiger partial charge is 0.392 e. The van der Waals surface area contributed by atoms with Gasteiger partial charge in [-0.2, -0.15) is 0 Å². The molecule has 0 aliphatic rings. The zero-order chi connectivity index (χ0) is 8.10. The van der Waals surface area contributed by atoms with Crippen LogP contribution in [0.2, 0.25) is 0 Å². The van der Waals surface area contributed by atoms with Crippen LogP contribution in [0.1, 0.15) is 5.56 Å². The first-order chi connectivity index (χ1) is 5.33. The molecule has 0 spiro atoms. The number of aliphatic hydroxyl groups is 1. The Morgan fingerprint density at radius 2 is 1.91 bits per heavy atom. The predicted octanol–water partition coefficient (Wildman–Crippen LogP) is 1.83. The second-order valence-corrected chi connectivity index (χ2v) is 2.81. The number of benzene rings is 1. The van der Waals surface area contributed by atoms with Gasteiger partial charge in [0, 0.05) is 5.88 Å². The fraction of sp³-hybridized carbons (Fsp3) is 0.333. The molecule has 1 atom stereocenters. The van der Waals surface area contributed by atoms with E-state index in [1.807, 2.05) is 30.3 Å². The highest BCUT2D eigenvalue weighted by Crippen LogP contribution is 2.03. The summed E-state index contributed by atoms with van der Waals surface area (Å²) in [4.78, 5) is 0. The van der Waals surface area contributed by atoms with Crippen LogP contribution in [0.4, 0.5) is 0 Å². The topological polar surface area (TPSA) is 20.2 Å². The third-order valence-electron chi connectivity index (χ3n) is 1.49. The SMILES string of the molecule is O[C@H](CCl)Cc1ccccc1. The number of halogens is 1. The molecule has 0 amide bonds. The second-order valence-electron chi connectivity index (χ2n) is 2.50. The monoisotopic (exact) mass is 170 g/mol. The van der Waals surface area contributed by atoms with Crippen molar-refractivity contribution in [2.24, 2.45) is 0 Å². The van der Waals surface area contributed by atoms with Crippen LogP contribution in [0.15, 0.2) is 30.3 Å². The quantitative estimate of drug-likeness (QED) is 0.687. The lowest BCUT2D eigenvalue weighted by atomic mass is 10.1. The molecule has 0 aliphatic carbocycles. The summed E-state index contributed by atoms with van der Waals surface area (Å²) < 4.78 is 0. The molecular weight excluding hydrogens is 160 g/mol. The van der Waals surface area contributed by atoms with Gasteiger partial charge in [-0.15, -0.1) is 11.6 Å². The number of hydrogen-bond acceptors (Lipinski definition) is 1. The van der Waals surface area contributed by atoms with Crippen LogP contribution in [-0.2, 0) is 6.42 Å². The van der Waals surface area contributed by atoms with Crippen molar-refractivity contribution in [2.45, 2.75) is 12.5 Å². The van der Waals surface area contributed by atoms with Crippen LogP contribution >= 0.6 is 11.6 Å². The maximum atomic E-state index is 9.18. The van der Waals surface area contributed by atoms with Gasteiger partial charge in [-0.1, -0.05) is 30.3 Å². The van der Waals surface area contributed by atoms with Crippen LogP contribution in [-0.4, -0.2) is 17.1 Å². The van der Waals surface area contributed by atoms with E-state index in [9.17, 15) is 5.11 Å². The van der Waals surface area contributed by atoms with Crippen LogP contribution in [0.3, 0.4) is 0 Å². The standard InChI is InChI=1S/C9H11ClO/c10-7-9(11)6-8-4-2-1-3-5-8/h1-5,9,11H,6-7H2/t9-/m0/s1. The summed E-state index contributed by atoms with van der Waals surface area (Å²) in [6, 6.07) is 9.83. The molecule has 60 valence electrons. The van der Waals surface area contributed by atoms with Gasteiger partial charge < -0.3 is 5.11 Å². The van der Waals surface area contributed by atoms with Gasteiger partial charge in [0.1, 0.15) is 0 Å². The lowest BCUT2D eigenvalue weighted by Gasteiger charge is -2.05. The summed E-state index contributed by atoms with van der Waals surface area (Å²) in [5, 5.41) is 9.18. The van der Waals surface area contributed by atoms with Gasteiger partial charge in [0.25, 0.3) is 0 Å². The van der Waals surface area contributed by atoms with E-state index in [2.05, 4.69) is 0 Å². The first-order valence-electron chi connectivity index (χ1n) is 3.61. The van der Waals surface area contributed by atoms with E-state index in [1.54, 1.807) is 0 Å². The summed E-state index contributed by atoms with van der Waals surface area (Å²) in [7, 11) is 0. The van der Waals surface area contributed by atoms with Gasteiger partial charge in [0.05, 0.1) is 6.10 Å². The first kappa shape index (κ1) is 8.57. The van der Waals surface area contributed by atoms with Crippen molar-refractivity contribution in [2.75, 3.05) is 5.88 Å². The Morgan fingerprint density at radius 3 is 2.45 bits per heavy atom. The Balaban J connectivity index is 2.51. The highest BCUT2D eigenvalue weighted by Gasteiger charge is 2.01. The number of alkyl halides is 1. The van der Waals surface area contributed by atoms with Crippen molar-refractivity contribution in [3.05, 3.63) is 35.9 Å². The molecule has 1 nitrogen and oxygen atoms in total. The van der Waals surface area contributed by atoms with E-state index in [-0.39, 0.29) is 0 Å². The maximum Gasteiger partial charge on any atom is 0.0715 e. The minimum atomic E-state index is -0.418. The molecule has 1 N–H and O–H groups in total. The van der Waals surface area contributed by atoms with E-state index >= 15 is 0 Å². The van der Waals surface area contributed by atoms with E-state index in [0.717, 1.165) is 5.56 Å². The number of hydrogen-bond donors (Lipinski definition) is 1. The Bertz CT molecular complexity index is 198. The average Bonchev–Trinajstić information content (AvgIpc) is 2.06. The Labute approximate surface area is 71.6 Å². The fourth-order valence-corrected chi connectivity index (χ4v) is 1.05. The Kier molecular flexibility index (Phi) is 3.40. The van der Waals surface area contributed by atoms with E-state index < -0.39 is 6.10 Å². The minimum Gasteiger partial charge on any atom is -0.392 e. The molecule has 0 fully saturated rings. The predicted molar refractivity (Wildman–Crippen MR) is 46.9 cm³/mol. The fourth-order valence-electron chi connectivity index (χ4n) is 0.941. The van der Waals surface area contributed by atoms with Gasteiger partial charge >= 0.3 is 0 Å². The number of rotatable bonds is 3. The van der Waals surface area contributed by atoms with Crippen molar-refractivity contribution < 1.29 is 5.11 Å². The minimum absolute atomic E-state index is 0.300. The summed E-state index contributed by atoms with van der Waals surface area (Å²) in [5.41, 5.74) is 1.13. The summed E-state index contributed by atoms with van der Waals surface area (Å²) in [5.74, 6) is 0.300. The zero-order valence-corrected chi connectivity index (χ0v) is 6.96. The Morgan fingerprint density at radius 1 is 1.27 bits per heavy atom. The molecule has 0 unspecified atom stereocenters. The van der Waals surface area contributed by atoms with Crippen LogP contribution in [0.5, 0.6) is 0 Å². The molecule has 1 aromatic carbocycles. The van der Waals surface area contributed by atoms with Crippen LogP contribution < -0.4 is 0 Å². The van der Waals surface area contributed by atoms with Crippen molar-refractivity contribution in [1.82, 2.24) is 0 Å². The second kappa shape index (κ2) is 4.37.